The number of hydrogen-bond donors (Lipinski definition) is 2. The number of amides is 3. The van der Waals surface area contributed by atoms with Crippen LogP contribution >= 0.6 is 11.3 Å². The molecule has 1 aromatic heterocycles. The molecule has 0 unspecified atom stereocenters. The SMILES string of the molecule is Cc1nc(NC(=O)c2ccccc2NC(=O)CCOCCOCCOCCN(C)C(=O)OC2c3ccccc3-c3ccccc32)sc1[N+](=O)[O-]. The standard InChI is InChI=1S/C35H37N5O9S/c1-23-33(40(44)45)50-34(36-23)38-32(42)28-13-7-8-14-29(28)37-30(41)15-17-46-19-21-48-22-20-47-18-16-39(2)35(43)49-31-26-11-5-3-9-24(26)25-10-4-6-12-27(25)31/h3-14,31H,15-22H2,1-2H3,(H,37,41)(H,36,38,42). The molecule has 0 saturated carbocycles. The second kappa shape index (κ2) is 17.4. The first kappa shape index (κ1) is 36.1. The fourth-order valence-electron chi connectivity index (χ4n) is 5.21. The molecule has 0 fully saturated rings. The predicted molar refractivity (Wildman–Crippen MR) is 186 cm³/mol. The quantitative estimate of drug-likeness (QED) is 0.0775. The Morgan fingerprint density at radius 3 is 2.06 bits per heavy atom. The molecule has 4 aromatic rings. The number of aromatic nitrogens is 1. The van der Waals surface area contributed by atoms with E-state index in [-0.39, 0.29) is 52.6 Å². The van der Waals surface area contributed by atoms with Gasteiger partial charge in [0, 0.05) is 24.7 Å². The summed E-state index contributed by atoms with van der Waals surface area (Å²) in [6.45, 7) is 3.54. The number of benzene rings is 3. The van der Waals surface area contributed by atoms with Gasteiger partial charge in [0.15, 0.2) is 11.2 Å². The summed E-state index contributed by atoms with van der Waals surface area (Å²) < 4.78 is 22.5. The first-order valence-electron chi connectivity index (χ1n) is 15.9. The van der Waals surface area contributed by atoms with Crippen molar-refractivity contribution in [2.45, 2.75) is 19.4 Å². The second-order valence-electron chi connectivity index (χ2n) is 11.2. The topological polar surface area (TPSA) is 171 Å². The van der Waals surface area contributed by atoms with E-state index in [1.807, 2.05) is 48.5 Å². The smallest absolute Gasteiger partial charge is 0.410 e. The number of nitro groups is 1. The first-order chi connectivity index (χ1) is 24.2. The van der Waals surface area contributed by atoms with Gasteiger partial charge < -0.3 is 29.2 Å². The summed E-state index contributed by atoms with van der Waals surface area (Å²) in [6, 6.07) is 22.3. The van der Waals surface area contributed by atoms with Gasteiger partial charge >= 0.3 is 11.1 Å². The third-order valence-electron chi connectivity index (χ3n) is 7.70. The molecule has 2 N–H and O–H groups in total. The minimum absolute atomic E-state index is 0.0483. The molecule has 0 saturated heterocycles. The van der Waals surface area contributed by atoms with Gasteiger partial charge in [0.05, 0.1) is 62.2 Å². The number of likely N-dealkylation sites (N-methyl/N-ethyl adjacent to an activating group) is 1. The molecular formula is C35H37N5O9S. The van der Waals surface area contributed by atoms with Gasteiger partial charge in [-0.2, -0.15) is 0 Å². The summed E-state index contributed by atoms with van der Waals surface area (Å²) in [7, 11) is 1.67. The van der Waals surface area contributed by atoms with Gasteiger partial charge in [0.25, 0.3) is 5.91 Å². The fraction of sp³-hybridized carbons (Fsp3) is 0.314. The highest BCUT2D eigenvalue weighted by Crippen LogP contribution is 2.45. The van der Waals surface area contributed by atoms with E-state index in [1.165, 1.54) is 17.9 Å². The normalized spacial score (nSPS) is 11.8. The monoisotopic (exact) mass is 703 g/mol. The Balaban J connectivity index is 0.913. The van der Waals surface area contributed by atoms with Crippen molar-refractivity contribution < 1.29 is 38.3 Å². The Kier molecular flexibility index (Phi) is 12.6. The maximum Gasteiger partial charge on any atom is 0.410 e. The molecule has 0 spiro atoms. The van der Waals surface area contributed by atoms with Crippen LogP contribution in [0.3, 0.4) is 0 Å². The summed E-state index contributed by atoms with van der Waals surface area (Å²) >= 11 is 0.757. The Morgan fingerprint density at radius 2 is 1.42 bits per heavy atom. The highest BCUT2D eigenvalue weighted by Gasteiger charge is 2.31. The molecule has 3 aromatic carbocycles. The number of nitrogens with zero attached hydrogens (tertiary/aromatic N) is 3. The Morgan fingerprint density at radius 1 is 0.840 bits per heavy atom. The maximum absolute atomic E-state index is 12.8. The van der Waals surface area contributed by atoms with Crippen LogP contribution in [0.25, 0.3) is 11.1 Å². The molecule has 262 valence electrons. The van der Waals surface area contributed by atoms with Gasteiger partial charge in [-0.25, -0.2) is 9.78 Å². The number of hydrogen-bond acceptors (Lipinski definition) is 11. The minimum atomic E-state index is -0.561. The van der Waals surface area contributed by atoms with E-state index in [0.717, 1.165) is 33.6 Å². The van der Waals surface area contributed by atoms with Gasteiger partial charge in [0.2, 0.25) is 5.91 Å². The summed E-state index contributed by atoms with van der Waals surface area (Å²) in [5, 5.41) is 16.3. The molecule has 1 aliphatic rings. The third kappa shape index (κ3) is 9.26. The minimum Gasteiger partial charge on any atom is -0.436 e. The van der Waals surface area contributed by atoms with Crippen LogP contribution in [-0.2, 0) is 23.7 Å². The zero-order valence-electron chi connectivity index (χ0n) is 27.6. The van der Waals surface area contributed by atoms with E-state index in [2.05, 4.69) is 15.6 Å². The predicted octanol–water partition coefficient (Wildman–Crippen LogP) is 5.83. The number of nitrogens with one attached hydrogen (secondary N) is 2. The lowest BCUT2D eigenvalue weighted by Crippen LogP contribution is -2.32. The van der Waals surface area contributed by atoms with Crippen LogP contribution in [0, 0.1) is 17.0 Å². The van der Waals surface area contributed by atoms with E-state index in [9.17, 15) is 24.5 Å². The van der Waals surface area contributed by atoms with Crippen LogP contribution in [0.2, 0.25) is 0 Å². The second-order valence-corrected chi connectivity index (χ2v) is 12.1. The van der Waals surface area contributed by atoms with E-state index in [4.69, 9.17) is 18.9 Å². The van der Waals surface area contributed by atoms with Crippen molar-refractivity contribution in [3.05, 3.63) is 105 Å². The van der Waals surface area contributed by atoms with Crippen molar-refractivity contribution >= 4 is 45.1 Å². The molecule has 50 heavy (non-hydrogen) atoms. The molecule has 14 nitrogen and oxygen atoms in total. The maximum atomic E-state index is 12.8. The molecule has 1 heterocycles. The lowest BCUT2D eigenvalue weighted by molar-refractivity contribution is -0.380. The number of anilines is 2. The van der Waals surface area contributed by atoms with Crippen molar-refractivity contribution in [2.75, 3.05) is 63.9 Å². The van der Waals surface area contributed by atoms with Crippen molar-refractivity contribution in [1.29, 1.82) is 0 Å². The molecule has 15 heteroatoms. The molecule has 3 amide bonds. The summed E-state index contributed by atoms with van der Waals surface area (Å²) in [4.78, 5) is 54.1. The lowest BCUT2D eigenvalue weighted by atomic mass is 10.1. The van der Waals surface area contributed by atoms with Crippen molar-refractivity contribution in [3.63, 3.8) is 0 Å². The summed E-state index contributed by atoms with van der Waals surface area (Å²) in [6.07, 6.45) is -0.834. The number of para-hydroxylation sites is 1. The van der Waals surface area contributed by atoms with Gasteiger partial charge in [0.1, 0.15) is 5.69 Å². The van der Waals surface area contributed by atoms with Gasteiger partial charge in [-0.3, -0.25) is 25.0 Å². The van der Waals surface area contributed by atoms with Crippen molar-refractivity contribution in [2.24, 2.45) is 0 Å². The lowest BCUT2D eigenvalue weighted by Gasteiger charge is -2.21. The number of carbonyl (C=O) groups excluding carboxylic acids is 3. The highest BCUT2D eigenvalue weighted by molar-refractivity contribution is 7.19. The zero-order valence-corrected chi connectivity index (χ0v) is 28.4. The number of carbonyl (C=O) groups is 3. The summed E-state index contributed by atoms with van der Waals surface area (Å²) in [5.41, 5.74) is 4.77. The van der Waals surface area contributed by atoms with Crippen LogP contribution in [0.15, 0.2) is 72.8 Å². The average molecular weight is 704 g/mol. The molecule has 0 radical (unpaired) electrons. The van der Waals surface area contributed by atoms with Crippen molar-refractivity contribution in [1.82, 2.24) is 9.88 Å². The third-order valence-corrected chi connectivity index (χ3v) is 8.72. The van der Waals surface area contributed by atoms with Crippen LogP contribution in [0.1, 0.15) is 39.7 Å². The van der Waals surface area contributed by atoms with E-state index < -0.39 is 23.0 Å². The van der Waals surface area contributed by atoms with Crippen LogP contribution < -0.4 is 10.6 Å². The number of rotatable bonds is 17. The van der Waals surface area contributed by atoms with Crippen molar-refractivity contribution in [3.8, 4) is 11.1 Å². The number of fused-ring (bicyclic) bond motifs is 3. The Hall–Kier alpha value is -5.22. The molecule has 0 aliphatic heterocycles. The van der Waals surface area contributed by atoms with Crippen LogP contribution in [0.5, 0.6) is 0 Å². The van der Waals surface area contributed by atoms with E-state index in [1.54, 1.807) is 25.2 Å². The first-order valence-corrected chi connectivity index (χ1v) is 16.7. The Bertz CT molecular complexity index is 1790. The van der Waals surface area contributed by atoms with Gasteiger partial charge in [-0.1, -0.05) is 60.7 Å². The van der Waals surface area contributed by atoms with Crippen LogP contribution in [0.4, 0.5) is 20.6 Å². The molecular weight excluding hydrogens is 666 g/mol. The molecule has 1 aliphatic carbocycles. The van der Waals surface area contributed by atoms with Gasteiger partial charge in [-0.15, -0.1) is 0 Å². The number of ether oxygens (including phenoxy) is 4. The van der Waals surface area contributed by atoms with E-state index >= 15 is 0 Å². The molecule has 0 bridgehead atoms. The van der Waals surface area contributed by atoms with Gasteiger partial charge in [-0.05, 0) is 41.5 Å². The number of aryl methyl sites for hydroxylation is 1. The fourth-order valence-corrected chi connectivity index (χ4v) is 5.98. The molecule has 5 rings (SSSR count). The van der Waals surface area contributed by atoms with Crippen LogP contribution in [-0.4, -0.2) is 85.9 Å². The Labute approximate surface area is 292 Å². The highest BCUT2D eigenvalue weighted by atomic mass is 32.1. The average Bonchev–Trinajstić information content (AvgIpc) is 3.64. The van der Waals surface area contributed by atoms with E-state index in [0.29, 0.717) is 33.0 Å². The zero-order chi connectivity index (χ0) is 35.5. The largest absolute Gasteiger partial charge is 0.436 e. The molecule has 0 atom stereocenters. The number of thiazole rings is 1. The summed E-state index contributed by atoms with van der Waals surface area (Å²) in [5.74, 6) is -0.916.